The summed E-state index contributed by atoms with van der Waals surface area (Å²) in [5.74, 6) is -1.35. The zero-order valence-corrected chi connectivity index (χ0v) is 23.5. The minimum atomic E-state index is -0.548. The highest BCUT2D eigenvalue weighted by atomic mass is 16.5. The number of aliphatic imine (C=N–C) groups is 2. The third-order valence-electron chi connectivity index (χ3n) is 6.52. The van der Waals surface area contributed by atoms with Crippen LogP contribution in [0.2, 0.25) is 0 Å². The van der Waals surface area contributed by atoms with Crippen molar-refractivity contribution in [1.82, 2.24) is 0 Å². The number of rotatable bonds is 10. The monoisotopic (exact) mass is 584 g/mol. The van der Waals surface area contributed by atoms with Crippen LogP contribution in [-0.4, -0.2) is 34.6 Å². The fraction of sp³-hybridized carbons (Fsp3) is 0.0556. The van der Waals surface area contributed by atoms with Crippen molar-refractivity contribution in [2.45, 2.75) is 13.2 Å². The number of phenolic OH excluding ortho intramolecular Hbond substituents is 2. The van der Waals surface area contributed by atoms with Gasteiger partial charge in [0.05, 0.1) is 22.5 Å². The van der Waals surface area contributed by atoms with E-state index in [9.17, 15) is 19.8 Å². The van der Waals surface area contributed by atoms with Crippen molar-refractivity contribution < 1.29 is 29.3 Å². The first-order chi connectivity index (χ1) is 21.5. The standard InChI is InChI=1S/C36H28N2O6/c39-33-19-27(35(41)43-23-25-9-3-1-4-10-25)15-17-29(33)21-37-31-13-7-8-14-32(31)38-22-30-18-16-28(20-34(30)40)36(42)44-24-26-11-5-2-6-12-26/h1-22,39-40H,23-24H2. The third kappa shape index (κ3) is 7.83. The number of carbonyl (C=O) groups excluding carboxylic acids is 2. The van der Waals surface area contributed by atoms with Gasteiger partial charge in [0.2, 0.25) is 0 Å². The summed E-state index contributed by atoms with van der Waals surface area (Å²) in [7, 11) is 0. The summed E-state index contributed by atoms with van der Waals surface area (Å²) in [6.45, 7) is 0.258. The van der Waals surface area contributed by atoms with Gasteiger partial charge in [-0.05, 0) is 59.7 Å². The Morgan fingerprint density at radius 3 is 1.32 bits per heavy atom. The molecule has 0 radical (unpaired) electrons. The maximum absolute atomic E-state index is 12.4. The number of carbonyl (C=O) groups is 2. The highest BCUT2D eigenvalue weighted by Crippen LogP contribution is 2.29. The summed E-state index contributed by atoms with van der Waals surface area (Å²) in [5, 5.41) is 21.0. The Labute approximate surface area is 254 Å². The predicted molar refractivity (Wildman–Crippen MR) is 168 cm³/mol. The van der Waals surface area contributed by atoms with E-state index in [0.29, 0.717) is 22.5 Å². The topological polar surface area (TPSA) is 118 Å². The number of hydrogen-bond donors (Lipinski definition) is 2. The van der Waals surface area contributed by atoms with Gasteiger partial charge in [-0.2, -0.15) is 0 Å². The summed E-state index contributed by atoms with van der Waals surface area (Å²) < 4.78 is 10.7. The lowest BCUT2D eigenvalue weighted by atomic mass is 10.1. The second-order valence-corrected chi connectivity index (χ2v) is 9.68. The minimum absolute atomic E-state index is 0.129. The average Bonchev–Trinajstić information content (AvgIpc) is 3.06. The van der Waals surface area contributed by atoms with Crippen molar-refractivity contribution >= 4 is 35.7 Å². The normalized spacial score (nSPS) is 11.1. The molecule has 0 aliphatic heterocycles. The zero-order valence-electron chi connectivity index (χ0n) is 23.5. The van der Waals surface area contributed by atoms with Gasteiger partial charge in [-0.15, -0.1) is 0 Å². The molecule has 0 amide bonds. The van der Waals surface area contributed by atoms with Gasteiger partial charge in [0.25, 0.3) is 0 Å². The van der Waals surface area contributed by atoms with Gasteiger partial charge in [0.1, 0.15) is 24.7 Å². The summed E-state index contributed by atoms with van der Waals surface area (Å²) >= 11 is 0. The van der Waals surface area contributed by atoms with E-state index in [1.54, 1.807) is 48.5 Å². The van der Waals surface area contributed by atoms with E-state index < -0.39 is 11.9 Å². The van der Waals surface area contributed by atoms with Crippen LogP contribution in [0.15, 0.2) is 131 Å². The van der Waals surface area contributed by atoms with Crippen LogP contribution in [0.25, 0.3) is 0 Å². The number of phenols is 2. The number of benzene rings is 5. The molecule has 5 rings (SSSR count). The van der Waals surface area contributed by atoms with Gasteiger partial charge >= 0.3 is 11.9 Å². The third-order valence-corrected chi connectivity index (χ3v) is 6.52. The molecule has 0 atom stereocenters. The second kappa shape index (κ2) is 14.2. The van der Waals surface area contributed by atoms with Crippen molar-refractivity contribution in [2.24, 2.45) is 9.98 Å². The lowest BCUT2D eigenvalue weighted by Gasteiger charge is -2.07. The Balaban J connectivity index is 1.23. The van der Waals surface area contributed by atoms with E-state index in [-0.39, 0.29) is 35.8 Å². The lowest BCUT2D eigenvalue weighted by molar-refractivity contribution is 0.0463. The molecule has 0 unspecified atom stereocenters. The van der Waals surface area contributed by atoms with E-state index in [2.05, 4.69) is 9.98 Å². The van der Waals surface area contributed by atoms with Gasteiger partial charge in [-0.3, -0.25) is 9.98 Å². The van der Waals surface area contributed by atoms with Gasteiger partial charge in [0, 0.05) is 23.6 Å². The van der Waals surface area contributed by atoms with Crippen molar-refractivity contribution in [3.8, 4) is 11.5 Å². The number of nitrogens with zero attached hydrogens (tertiary/aromatic N) is 2. The maximum Gasteiger partial charge on any atom is 0.338 e. The van der Waals surface area contributed by atoms with Crippen LogP contribution in [0.4, 0.5) is 11.4 Å². The van der Waals surface area contributed by atoms with Crippen LogP contribution in [-0.2, 0) is 22.7 Å². The number of hydrogen-bond acceptors (Lipinski definition) is 8. The van der Waals surface area contributed by atoms with Crippen LogP contribution >= 0.6 is 0 Å². The van der Waals surface area contributed by atoms with E-state index in [4.69, 9.17) is 9.47 Å². The van der Waals surface area contributed by atoms with E-state index >= 15 is 0 Å². The van der Waals surface area contributed by atoms with Crippen LogP contribution < -0.4 is 0 Å². The Kier molecular flexibility index (Phi) is 9.54. The van der Waals surface area contributed by atoms with Gasteiger partial charge in [-0.1, -0.05) is 72.8 Å². The molecule has 5 aromatic rings. The molecule has 8 nitrogen and oxygen atoms in total. The van der Waals surface area contributed by atoms with Crippen LogP contribution in [0.1, 0.15) is 43.0 Å². The second-order valence-electron chi connectivity index (χ2n) is 9.68. The molecule has 0 heterocycles. The van der Waals surface area contributed by atoms with Crippen molar-refractivity contribution in [1.29, 1.82) is 0 Å². The molecular formula is C36H28N2O6. The average molecular weight is 585 g/mol. The summed E-state index contributed by atoms with van der Waals surface area (Å²) in [6.07, 6.45) is 2.94. The Hall–Kier alpha value is -6.02. The van der Waals surface area contributed by atoms with Crippen LogP contribution in [0, 0.1) is 0 Å². The molecule has 0 aromatic heterocycles. The molecule has 0 spiro atoms. The van der Waals surface area contributed by atoms with E-state index in [1.165, 1.54) is 24.6 Å². The quantitative estimate of drug-likeness (QED) is 0.131. The number of aromatic hydroxyl groups is 2. The minimum Gasteiger partial charge on any atom is -0.507 e. The molecule has 2 N–H and O–H groups in total. The number of ether oxygens (including phenoxy) is 2. The first-order valence-corrected chi connectivity index (χ1v) is 13.7. The van der Waals surface area contributed by atoms with Gasteiger partial charge < -0.3 is 19.7 Å². The molecule has 0 saturated heterocycles. The molecule has 0 aliphatic carbocycles. The molecule has 44 heavy (non-hydrogen) atoms. The van der Waals surface area contributed by atoms with E-state index in [0.717, 1.165) is 11.1 Å². The smallest absolute Gasteiger partial charge is 0.338 e. The highest BCUT2D eigenvalue weighted by Gasteiger charge is 2.12. The maximum atomic E-state index is 12.4. The molecule has 8 heteroatoms. The molecule has 0 bridgehead atoms. The molecule has 5 aromatic carbocycles. The Bertz CT molecular complexity index is 1680. The first-order valence-electron chi connectivity index (χ1n) is 13.7. The summed E-state index contributed by atoms with van der Waals surface area (Å²) in [5.41, 5.74) is 3.98. The Morgan fingerprint density at radius 1 is 0.545 bits per heavy atom. The fourth-order valence-electron chi connectivity index (χ4n) is 4.13. The van der Waals surface area contributed by atoms with E-state index in [1.807, 2.05) is 60.7 Å². The molecule has 0 fully saturated rings. The molecule has 0 aliphatic rings. The van der Waals surface area contributed by atoms with Crippen LogP contribution in [0.5, 0.6) is 11.5 Å². The predicted octanol–water partition coefficient (Wildman–Crippen LogP) is 7.31. The van der Waals surface area contributed by atoms with Gasteiger partial charge in [-0.25, -0.2) is 9.59 Å². The zero-order chi connectivity index (χ0) is 30.7. The first kappa shape index (κ1) is 29.5. The SMILES string of the molecule is O=C(OCc1ccccc1)c1ccc(C=Nc2ccccc2N=Cc2ccc(C(=O)OCc3ccccc3)cc2O)c(O)c1. The van der Waals surface area contributed by atoms with Crippen LogP contribution in [0.3, 0.4) is 0 Å². The fourth-order valence-corrected chi connectivity index (χ4v) is 4.13. The highest BCUT2D eigenvalue weighted by molar-refractivity contribution is 5.94. The largest absolute Gasteiger partial charge is 0.507 e. The Morgan fingerprint density at radius 2 is 0.932 bits per heavy atom. The summed E-state index contributed by atoms with van der Waals surface area (Å²) in [6, 6.07) is 34.7. The van der Waals surface area contributed by atoms with Crippen molar-refractivity contribution in [2.75, 3.05) is 0 Å². The molecular weight excluding hydrogens is 556 g/mol. The summed E-state index contributed by atoms with van der Waals surface area (Å²) in [4.78, 5) is 33.8. The van der Waals surface area contributed by atoms with Gasteiger partial charge in [0.15, 0.2) is 0 Å². The number of para-hydroxylation sites is 2. The van der Waals surface area contributed by atoms with Crippen molar-refractivity contribution in [3.05, 3.63) is 155 Å². The number of esters is 2. The lowest BCUT2D eigenvalue weighted by Crippen LogP contribution is -2.05. The van der Waals surface area contributed by atoms with Crippen molar-refractivity contribution in [3.63, 3.8) is 0 Å². The molecule has 218 valence electrons. The molecule has 0 saturated carbocycles.